The molecule has 3 N–H and O–H groups in total. The second-order valence-electron chi connectivity index (χ2n) is 10.4. The first kappa shape index (κ1) is 27.3. The number of nitrogens with zero attached hydrogens (tertiary/aromatic N) is 2. The zero-order valence-electron chi connectivity index (χ0n) is 21.8. The van der Waals surface area contributed by atoms with Gasteiger partial charge in [-0.25, -0.2) is 4.79 Å². The molecule has 4 rings (SSSR count). The lowest BCUT2D eigenvalue weighted by molar-refractivity contribution is -0.148. The molecule has 2 heterocycles. The number of carbonyl (C=O) groups excluding carboxylic acids is 3. The van der Waals surface area contributed by atoms with Crippen molar-refractivity contribution in [2.75, 3.05) is 19.6 Å². The zero-order valence-corrected chi connectivity index (χ0v) is 21.8. The van der Waals surface area contributed by atoms with Gasteiger partial charge in [-0.05, 0) is 50.3 Å². The van der Waals surface area contributed by atoms with Crippen molar-refractivity contribution in [3.05, 3.63) is 71.8 Å². The van der Waals surface area contributed by atoms with Gasteiger partial charge >= 0.3 is 5.97 Å². The van der Waals surface area contributed by atoms with Crippen molar-refractivity contribution in [1.29, 1.82) is 0 Å². The summed E-state index contributed by atoms with van der Waals surface area (Å²) in [5, 5.41) is 15.1. The molecule has 3 amide bonds. The van der Waals surface area contributed by atoms with Crippen LogP contribution in [-0.2, 0) is 32.1 Å². The van der Waals surface area contributed by atoms with Gasteiger partial charge < -0.3 is 20.6 Å². The van der Waals surface area contributed by atoms with Crippen molar-refractivity contribution in [1.82, 2.24) is 20.4 Å². The first-order valence-corrected chi connectivity index (χ1v) is 13.2. The topological polar surface area (TPSA) is 119 Å². The monoisotopic (exact) mass is 520 g/mol. The van der Waals surface area contributed by atoms with E-state index in [0.717, 1.165) is 24.1 Å². The van der Waals surface area contributed by atoms with Crippen LogP contribution in [0.5, 0.6) is 0 Å². The summed E-state index contributed by atoms with van der Waals surface area (Å²) in [4.78, 5) is 54.7. The van der Waals surface area contributed by atoms with E-state index in [1.807, 2.05) is 60.7 Å². The lowest BCUT2D eigenvalue weighted by atomic mass is 9.91. The van der Waals surface area contributed by atoms with Gasteiger partial charge in [-0.3, -0.25) is 19.3 Å². The van der Waals surface area contributed by atoms with Gasteiger partial charge in [0.25, 0.3) is 0 Å². The number of nitrogens with one attached hydrogen (secondary N) is 2. The maximum absolute atomic E-state index is 13.5. The van der Waals surface area contributed by atoms with Gasteiger partial charge in [0.05, 0.1) is 12.6 Å². The van der Waals surface area contributed by atoms with E-state index in [-0.39, 0.29) is 24.9 Å². The van der Waals surface area contributed by atoms with E-state index >= 15 is 0 Å². The van der Waals surface area contributed by atoms with Crippen LogP contribution in [0.4, 0.5) is 0 Å². The Hall–Kier alpha value is -3.72. The van der Waals surface area contributed by atoms with Crippen LogP contribution in [0.3, 0.4) is 0 Å². The molecule has 2 aromatic rings. The quantitative estimate of drug-likeness (QED) is 0.441. The van der Waals surface area contributed by atoms with Crippen LogP contribution in [0, 0.1) is 0 Å². The van der Waals surface area contributed by atoms with Gasteiger partial charge in [0, 0.05) is 19.5 Å². The molecule has 0 spiro atoms. The van der Waals surface area contributed by atoms with Gasteiger partial charge in [-0.15, -0.1) is 0 Å². The first-order chi connectivity index (χ1) is 18.3. The van der Waals surface area contributed by atoms with Crippen molar-refractivity contribution in [3.63, 3.8) is 0 Å². The van der Waals surface area contributed by atoms with Crippen LogP contribution >= 0.6 is 0 Å². The summed E-state index contributed by atoms with van der Waals surface area (Å²) in [6, 6.07) is 18.2. The van der Waals surface area contributed by atoms with Gasteiger partial charge in [0.1, 0.15) is 11.6 Å². The Bertz CT molecular complexity index is 1140. The van der Waals surface area contributed by atoms with Gasteiger partial charge in [-0.2, -0.15) is 0 Å². The highest BCUT2D eigenvalue weighted by molar-refractivity contribution is 5.95. The van der Waals surface area contributed by atoms with Crippen molar-refractivity contribution >= 4 is 23.7 Å². The molecule has 0 saturated carbocycles. The minimum Gasteiger partial charge on any atom is -0.480 e. The molecule has 9 nitrogen and oxygen atoms in total. The number of carboxylic acids is 1. The van der Waals surface area contributed by atoms with E-state index in [1.54, 1.807) is 6.92 Å². The molecule has 202 valence electrons. The summed E-state index contributed by atoms with van der Waals surface area (Å²) in [6.45, 7) is 3.14. The van der Waals surface area contributed by atoms with Crippen molar-refractivity contribution in [3.8, 4) is 0 Å². The second-order valence-corrected chi connectivity index (χ2v) is 10.4. The van der Waals surface area contributed by atoms with E-state index in [1.165, 1.54) is 4.90 Å². The second kappa shape index (κ2) is 12.2. The molecule has 0 aliphatic carbocycles. The molecule has 2 aliphatic heterocycles. The number of carboxylic acid groups (broad SMARTS) is 1. The van der Waals surface area contributed by atoms with Crippen LogP contribution in [0.1, 0.15) is 43.7 Å². The third-order valence-corrected chi connectivity index (χ3v) is 7.45. The molecule has 0 radical (unpaired) electrons. The lowest BCUT2D eigenvalue weighted by Crippen LogP contribution is -2.62. The summed E-state index contributed by atoms with van der Waals surface area (Å²) in [5.74, 6) is -2.19. The van der Waals surface area contributed by atoms with E-state index < -0.39 is 29.4 Å². The molecular formula is C29H36N4O5. The molecule has 3 atom stereocenters. The maximum Gasteiger partial charge on any atom is 0.326 e. The highest BCUT2D eigenvalue weighted by atomic mass is 16.4. The summed E-state index contributed by atoms with van der Waals surface area (Å²) >= 11 is 0. The van der Waals surface area contributed by atoms with Crippen molar-refractivity contribution in [2.45, 2.75) is 63.2 Å². The average Bonchev–Trinajstić information content (AvgIpc) is 3.58. The number of amides is 3. The summed E-state index contributed by atoms with van der Waals surface area (Å²) < 4.78 is 0. The summed E-state index contributed by atoms with van der Waals surface area (Å²) in [7, 11) is 0. The molecule has 2 fully saturated rings. The highest BCUT2D eigenvalue weighted by Crippen LogP contribution is 2.23. The Labute approximate surface area is 223 Å². The zero-order chi connectivity index (χ0) is 27.1. The number of hydrogen-bond acceptors (Lipinski definition) is 5. The predicted octanol–water partition coefficient (Wildman–Crippen LogP) is 1.96. The number of rotatable bonds is 10. The first-order valence-electron chi connectivity index (χ1n) is 13.2. The van der Waals surface area contributed by atoms with Gasteiger partial charge in [0.15, 0.2) is 0 Å². The fraction of sp³-hybridized carbons (Fsp3) is 0.448. The fourth-order valence-electron chi connectivity index (χ4n) is 5.45. The van der Waals surface area contributed by atoms with Crippen LogP contribution < -0.4 is 10.6 Å². The van der Waals surface area contributed by atoms with Crippen LogP contribution in [0.25, 0.3) is 0 Å². The van der Waals surface area contributed by atoms with E-state index in [4.69, 9.17) is 0 Å². The normalized spacial score (nSPS) is 21.0. The van der Waals surface area contributed by atoms with Crippen molar-refractivity contribution < 1.29 is 24.3 Å². The van der Waals surface area contributed by atoms with E-state index in [9.17, 15) is 24.3 Å². The minimum atomic E-state index is -1.31. The smallest absolute Gasteiger partial charge is 0.326 e. The molecule has 2 aliphatic rings. The predicted molar refractivity (Wildman–Crippen MR) is 142 cm³/mol. The van der Waals surface area contributed by atoms with Crippen LogP contribution in [0.2, 0.25) is 0 Å². The Morgan fingerprint density at radius 2 is 1.50 bits per heavy atom. The van der Waals surface area contributed by atoms with Crippen molar-refractivity contribution in [2.24, 2.45) is 0 Å². The third-order valence-electron chi connectivity index (χ3n) is 7.45. The standard InChI is InChI=1S/C29H36N4O5/c1-29(18-21-10-4-2-5-11-21,28(38)30-19-25(34)33-17-9-15-24(33)27(36)37)31-26(35)23-14-8-16-32(23)20-22-12-6-3-7-13-22/h2-7,10-13,23-24H,8-9,14-20H2,1H3,(H,30,38)(H,31,35)(H,36,37)/t23-,24-,29-/m0/s1. The number of likely N-dealkylation sites (tertiary alicyclic amines) is 2. The van der Waals surface area contributed by atoms with Gasteiger partial charge in [0.2, 0.25) is 17.7 Å². The number of carbonyl (C=O) groups is 4. The third kappa shape index (κ3) is 6.58. The lowest BCUT2D eigenvalue weighted by Gasteiger charge is -2.33. The molecule has 38 heavy (non-hydrogen) atoms. The molecular weight excluding hydrogens is 484 g/mol. The molecule has 0 unspecified atom stereocenters. The van der Waals surface area contributed by atoms with E-state index in [2.05, 4.69) is 15.5 Å². The maximum atomic E-state index is 13.5. The molecule has 2 aromatic carbocycles. The SMILES string of the molecule is C[C@@](Cc1ccccc1)(NC(=O)[C@@H]1CCCN1Cc1ccccc1)C(=O)NCC(=O)N1CCC[C@H]1C(=O)O. The molecule has 9 heteroatoms. The van der Waals surface area contributed by atoms with Gasteiger partial charge in [-0.1, -0.05) is 60.7 Å². The largest absolute Gasteiger partial charge is 0.480 e. The molecule has 0 bridgehead atoms. The number of aliphatic carboxylic acids is 1. The van der Waals surface area contributed by atoms with Crippen LogP contribution in [-0.4, -0.2) is 75.9 Å². The summed E-state index contributed by atoms with van der Waals surface area (Å²) in [6.07, 6.45) is 2.84. The Kier molecular flexibility index (Phi) is 8.78. The Morgan fingerprint density at radius 1 is 0.895 bits per heavy atom. The molecule has 2 saturated heterocycles. The minimum absolute atomic E-state index is 0.219. The van der Waals surface area contributed by atoms with E-state index in [0.29, 0.717) is 32.4 Å². The number of hydrogen-bond donors (Lipinski definition) is 3. The number of benzene rings is 2. The Balaban J connectivity index is 1.46. The molecule has 0 aromatic heterocycles. The summed E-state index contributed by atoms with van der Waals surface area (Å²) in [5.41, 5.74) is 0.684. The highest BCUT2D eigenvalue weighted by Gasteiger charge is 2.40. The Morgan fingerprint density at radius 3 is 2.16 bits per heavy atom. The van der Waals surface area contributed by atoms with Crippen LogP contribution in [0.15, 0.2) is 60.7 Å². The average molecular weight is 521 g/mol. The fourth-order valence-corrected chi connectivity index (χ4v) is 5.45.